The Hall–Kier alpha value is -2.91. The molecule has 1 unspecified atom stereocenters. The fourth-order valence-corrected chi connectivity index (χ4v) is 4.91. The molecule has 0 radical (unpaired) electrons. The van der Waals surface area contributed by atoms with Crippen molar-refractivity contribution >= 4 is 38.8 Å². The summed E-state index contributed by atoms with van der Waals surface area (Å²) in [5.41, 5.74) is 10.7. The van der Waals surface area contributed by atoms with Gasteiger partial charge in [0.05, 0.1) is 17.3 Å². The molecule has 1 amide bonds. The van der Waals surface area contributed by atoms with Crippen molar-refractivity contribution in [1.29, 1.82) is 5.26 Å². The molecule has 6 heteroatoms. The number of aromatic nitrogens is 1. The Bertz CT molecular complexity index is 1130. The second-order valence-electron chi connectivity index (χ2n) is 8.74. The minimum absolute atomic E-state index is 0.249. The second kappa shape index (κ2) is 7.16. The minimum atomic E-state index is -0.249. The molecule has 1 atom stereocenters. The van der Waals surface area contributed by atoms with Gasteiger partial charge >= 0.3 is 0 Å². The van der Waals surface area contributed by atoms with E-state index in [1.807, 2.05) is 0 Å². The van der Waals surface area contributed by atoms with Crippen molar-refractivity contribution < 1.29 is 4.79 Å². The van der Waals surface area contributed by atoms with Crippen LogP contribution in [0, 0.1) is 22.7 Å². The average Bonchev–Trinajstić information content (AvgIpc) is 3.01. The SMILES string of the molecule is CC(C)(C)C1CCc2nc3sc(C(=O)Nc4ccc(C#N)cc4)c(N)c3cc2C1. The van der Waals surface area contributed by atoms with E-state index in [0.717, 1.165) is 35.2 Å². The summed E-state index contributed by atoms with van der Waals surface area (Å²) in [4.78, 5) is 18.9. The van der Waals surface area contributed by atoms with E-state index in [9.17, 15) is 4.79 Å². The van der Waals surface area contributed by atoms with Crippen molar-refractivity contribution in [3.63, 3.8) is 0 Å². The van der Waals surface area contributed by atoms with Crippen molar-refractivity contribution in [2.45, 2.75) is 40.0 Å². The molecule has 2 heterocycles. The van der Waals surface area contributed by atoms with Crippen LogP contribution < -0.4 is 11.1 Å². The molecule has 3 aromatic rings. The number of nitrogens with zero attached hydrogens (tertiary/aromatic N) is 2. The summed E-state index contributed by atoms with van der Waals surface area (Å²) in [6.07, 6.45) is 3.11. The van der Waals surface area contributed by atoms with Gasteiger partial charge in [-0.15, -0.1) is 11.3 Å². The zero-order chi connectivity index (χ0) is 20.8. The molecule has 2 aromatic heterocycles. The molecular weight excluding hydrogens is 380 g/mol. The third kappa shape index (κ3) is 3.70. The summed E-state index contributed by atoms with van der Waals surface area (Å²) in [5.74, 6) is 0.369. The first-order valence-electron chi connectivity index (χ1n) is 9.78. The van der Waals surface area contributed by atoms with E-state index in [-0.39, 0.29) is 11.3 Å². The van der Waals surface area contributed by atoms with Gasteiger partial charge in [0.1, 0.15) is 9.71 Å². The number of aryl methyl sites for hydroxylation is 1. The number of hydrogen-bond acceptors (Lipinski definition) is 5. The van der Waals surface area contributed by atoms with E-state index >= 15 is 0 Å². The number of nitrogens with two attached hydrogens (primary N) is 1. The van der Waals surface area contributed by atoms with Gasteiger partial charge in [-0.25, -0.2) is 4.98 Å². The van der Waals surface area contributed by atoms with E-state index in [0.29, 0.717) is 27.7 Å². The highest BCUT2D eigenvalue weighted by Crippen LogP contribution is 2.40. The van der Waals surface area contributed by atoms with Crippen LogP contribution in [0.15, 0.2) is 30.3 Å². The number of rotatable bonds is 2. The Morgan fingerprint density at radius 3 is 2.69 bits per heavy atom. The van der Waals surface area contributed by atoms with Gasteiger partial charge in [-0.2, -0.15) is 5.26 Å². The molecule has 3 N–H and O–H groups in total. The molecular formula is C23H24N4OS. The minimum Gasteiger partial charge on any atom is -0.397 e. The second-order valence-corrected chi connectivity index (χ2v) is 9.74. The number of nitriles is 1. The Morgan fingerprint density at radius 1 is 1.31 bits per heavy atom. The zero-order valence-corrected chi connectivity index (χ0v) is 17.7. The van der Waals surface area contributed by atoms with Crippen LogP contribution in [0.5, 0.6) is 0 Å². The summed E-state index contributed by atoms with van der Waals surface area (Å²) in [6, 6.07) is 11.0. The summed E-state index contributed by atoms with van der Waals surface area (Å²) < 4.78 is 0. The highest BCUT2D eigenvalue weighted by molar-refractivity contribution is 7.21. The van der Waals surface area contributed by atoms with Gasteiger partial charge in [0, 0.05) is 16.8 Å². The number of carbonyl (C=O) groups excluding carboxylic acids is 1. The van der Waals surface area contributed by atoms with Crippen LogP contribution in [0.2, 0.25) is 0 Å². The van der Waals surface area contributed by atoms with Gasteiger partial charge in [0.2, 0.25) is 0 Å². The van der Waals surface area contributed by atoms with Gasteiger partial charge < -0.3 is 11.1 Å². The molecule has 5 nitrogen and oxygen atoms in total. The van der Waals surface area contributed by atoms with Crippen LogP contribution in [0.25, 0.3) is 10.2 Å². The molecule has 0 aliphatic heterocycles. The zero-order valence-electron chi connectivity index (χ0n) is 16.9. The maximum Gasteiger partial charge on any atom is 0.267 e. The lowest BCUT2D eigenvalue weighted by Crippen LogP contribution is -2.27. The van der Waals surface area contributed by atoms with E-state index in [2.05, 4.69) is 38.2 Å². The number of fused-ring (bicyclic) bond motifs is 2. The quantitative estimate of drug-likeness (QED) is 0.617. The summed E-state index contributed by atoms with van der Waals surface area (Å²) in [7, 11) is 0. The first-order valence-corrected chi connectivity index (χ1v) is 10.6. The number of thiophene rings is 1. The number of amides is 1. The number of hydrogen-bond donors (Lipinski definition) is 2. The Kier molecular flexibility index (Phi) is 4.79. The first kappa shape index (κ1) is 19.4. The van der Waals surface area contributed by atoms with Crippen molar-refractivity contribution in [3.05, 3.63) is 52.0 Å². The molecule has 0 fully saturated rings. The van der Waals surface area contributed by atoms with Crippen LogP contribution in [0.1, 0.15) is 53.7 Å². The Morgan fingerprint density at radius 2 is 2.03 bits per heavy atom. The topological polar surface area (TPSA) is 91.8 Å². The standard InChI is InChI=1S/C23H24N4OS/c1-23(2,3)15-6-9-18-14(10-15)11-17-19(25)20(29-22(17)27-18)21(28)26-16-7-4-13(12-24)5-8-16/h4-5,7-8,11,15H,6,9-10,25H2,1-3H3,(H,26,28). The Labute approximate surface area is 174 Å². The Balaban J connectivity index is 1.64. The van der Waals surface area contributed by atoms with E-state index in [1.54, 1.807) is 24.3 Å². The molecule has 0 saturated heterocycles. The average molecular weight is 405 g/mol. The van der Waals surface area contributed by atoms with E-state index in [4.69, 9.17) is 16.0 Å². The predicted molar refractivity (Wildman–Crippen MR) is 118 cm³/mol. The number of anilines is 2. The van der Waals surface area contributed by atoms with Gasteiger partial charge in [-0.05, 0) is 66.5 Å². The molecule has 0 spiro atoms. The molecule has 0 bridgehead atoms. The van der Waals surface area contributed by atoms with Crippen LogP contribution >= 0.6 is 11.3 Å². The maximum atomic E-state index is 12.8. The summed E-state index contributed by atoms with van der Waals surface area (Å²) >= 11 is 1.34. The number of benzene rings is 1. The molecule has 29 heavy (non-hydrogen) atoms. The van der Waals surface area contributed by atoms with Crippen LogP contribution in [-0.2, 0) is 12.8 Å². The van der Waals surface area contributed by atoms with Crippen LogP contribution in [-0.4, -0.2) is 10.9 Å². The predicted octanol–water partition coefficient (Wildman–Crippen LogP) is 5.15. The van der Waals surface area contributed by atoms with E-state index < -0.39 is 0 Å². The van der Waals surface area contributed by atoms with Crippen molar-refractivity contribution in [1.82, 2.24) is 4.98 Å². The van der Waals surface area contributed by atoms with Crippen LogP contribution in [0.3, 0.4) is 0 Å². The molecule has 1 aromatic carbocycles. The largest absolute Gasteiger partial charge is 0.397 e. The van der Waals surface area contributed by atoms with Crippen molar-refractivity contribution in [2.24, 2.45) is 11.3 Å². The number of carbonyl (C=O) groups is 1. The molecule has 0 saturated carbocycles. The van der Waals surface area contributed by atoms with Crippen molar-refractivity contribution in [2.75, 3.05) is 11.1 Å². The van der Waals surface area contributed by atoms with Gasteiger partial charge in [0.15, 0.2) is 0 Å². The number of pyridine rings is 1. The molecule has 1 aliphatic rings. The lowest BCUT2D eigenvalue weighted by Gasteiger charge is -2.34. The molecule has 4 rings (SSSR count). The fraction of sp³-hybridized carbons (Fsp3) is 0.348. The fourth-order valence-electron chi connectivity index (χ4n) is 3.91. The monoisotopic (exact) mass is 404 g/mol. The lowest BCUT2D eigenvalue weighted by atomic mass is 9.71. The third-order valence-electron chi connectivity index (χ3n) is 5.79. The van der Waals surface area contributed by atoms with Crippen molar-refractivity contribution in [3.8, 4) is 6.07 Å². The van der Waals surface area contributed by atoms with Crippen LogP contribution in [0.4, 0.5) is 11.4 Å². The normalized spacial score (nSPS) is 16.3. The number of nitrogen functional groups attached to an aromatic ring is 1. The lowest BCUT2D eigenvalue weighted by molar-refractivity contribution is 0.103. The van der Waals surface area contributed by atoms with Gasteiger partial charge in [0.25, 0.3) is 5.91 Å². The smallest absolute Gasteiger partial charge is 0.267 e. The highest BCUT2D eigenvalue weighted by atomic mass is 32.1. The summed E-state index contributed by atoms with van der Waals surface area (Å²) in [6.45, 7) is 6.87. The van der Waals surface area contributed by atoms with E-state index in [1.165, 1.54) is 16.9 Å². The van der Waals surface area contributed by atoms with Gasteiger partial charge in [-0.1, -0.05) is 20.8 Å². The number of nitrogens with one attached hydrogen (secondary N) is 1. The molecule has 148 valence electrons. The maximum absolute atomic E-state index is 12.8. The van der Waals surface area contributed by atoms with Gasteiger partial charge in [-0.3, -0.25) is 4.79 Å². The third-order valence-corrected chi connectivity index (χ3v) is 6.90. The molecule has 1 aliphatic carbocycles. The summed E-state index contributed by atoms with van der Waals surface area (Å²) in [5, 5.41) is 12.6. The highest BCUT2D eigenvalue weighted by Gasteiger charge is 2.30. The first-order chi connectivity index (χ1) is 13.8.